The molecule has 37 heavy (non-hydrogen) atoms. The lowest BCUT2D eigenvalue weighted by Gasteiger charge is -2.37. The number of likely N-dealkylation sites (N-methyl/N-ethyl adjacent to an activating group) is 1. The van der Waals surface area contributed by atoms with Crippen LogP contribution in [0.5, 0.6) is 0 Å². The van der Waals surface area contributed by atoms with Crippen LogP contribution in [0.1, 0.15) is 12.1 Å². The number of carbonyl (C=O) groups excluding carboxylic acids is 1. The molecule has 10 nitrogen and oxygen atoms in total. The lowest BCUT2D eigenvalue weighted by atomic mass is 10.1. The molecule has 2 aromatic heterocycles. The Bertz CT molecular complexity index is 1310. The van der Waals surface area contributed by atoms with Gasteiger partial charge in [-0.3, -0.25) is 19.4 Å². The maximum Gasteiger partial charge on any atom is 0.322 e. The molecule has 1 saturated heterocycles. The van der Waals surface area contributed by atoms with E-state index in [1.54, 1.807) is 43.3 Å². The van der Waals surface area contributed by atoms with E-state index < -0.39 is 17.8 Å². The van der Waals surface area contributed by atoms with Crippen LogP contribution in [0.25, 0.3) is 11.3 Å². The minimum Gasteiger partial charge on any atom is -0.480 e. The third kappa shape index (κ3) is 6.76. The number of carbonyl (C=O) groups is 2. The van der Waals surface area contributed by atoms with E-state index in [1.165, 1.54) is 18.2 Å². The molecular weight excluding hydrogens is 501 g/mol. The van der Waals surface area contributed by atoms with Crippen LogP contribution < -0.4 is 10.6 Å². The predicted molar refractivity (Wildman–Crippen MR) is 138 cm³/mol. The summed E-state index contributed by atoms with van der Waals surface area (Å²) in [5.41, 5.74) is 2.41. The average molecular weight is 528 g/mol. The first-order valence-electron chi connectivity index (χ1n) is 11.7. The summed E-state index contributed by atoms with van der Waals surface area (Å²) in [6.45, 7) is 3.92. The number of nitrogens with one attached hydrogen (secondary N) is 2. The van der Waals surface area contributed by atoms with Crippen LogP contribution in [0.3, 0.4) is 0 Å². The van der Waals surface area contributed by atoms with Crippen molar-refractivity contribution in [2.45, 2.75) is 19.4 Å². The van der Waals surface area contributed by atoms with Crippen LogP contribution in [0.15, 0.2) is 42.6 Å². The molecule has 1 unspecified atom stereocenters. The number of carboxylic acids is 1. The fourth-order valence-electron chi connectivity index (χ4n) is 4.00. The number of amides is 1. The first-order valence-corrected chi connectivity index (χ1v) is 12.1. The fourth-order valence-corrected chi connectivity index (χ4v) is 4.17. The maximum absolute atomic E-state index is 14.3. The molecule has 0 saturated carbocycles. The molecule has 0 bridgehead atoms. The van der Waals surface area contributed by atoms with Crippen molar-refractivity contribution in [3.8, 4) is 11.3 Å². The minimum absolute atomic E-state index is 0.206. The van der Waals surface area contributed by atoms with Crippen molar-refractivity contribution >= 4 is 40.7 Å². The number of hydrogen-bond donors (Lipinski definition) is 3. The molecule has 1 aliphatic heterocycles. The summed E-state index contributed by atoms with van der Waals surface area (Å²) in [4.78, 5) is 31.9. The molecule has 3 N–H and O–H groups in total. The number of anilines is 3. The number of rotatable bonds is 8. The first kappa shape index (κ1) is 26.4. The Morgan fingerprint density at radius 1 is 1.19 bits per heavy atom. The summed E-state index contributed by atoms with van der Waals surface area (Å²) in [6.07, 6.45) is 1.76. The van der Waals surface area contributed by atoms with Gasteiger partial charge in [0.1, 0.15) is 17.7 Å². The molecule has 1 aromatic carbocycles. The molecule has 1 fully saturated rings. The second-order valence-corrected chi connectivity index (χ2v) is 9.28. The van der Waals surface area contributed by atoms with Gasteiger partial charge in [-0.05, 0) is 44.3 Å². The molecule has 0 aliphatic carbocycles. The Labute approximate surface area is 218 Å². The Morgan fingerprint density at radius 2 is 2.00 bits per heavy atom. The Morgan fingerprint density at radius 3 is 2.78 bits per heavy atom. The van der Waals surface area contributed by atoms with Gasteiger partial charge < -0.3 is 15.7 Å². The van der Waals surface area contributed by atoms with Gasteiger partial charge in [-0.15, -0.1) is 0 Å². The van der Waals surface area contributed by atoms with Gasteiger partial charge in [0, 0.05) is 61.1 Å². The zero-order valence-electron chi connectivity index (χ0n) is 20.4. The number of aryl methyl sites for hydroxylation is 1. The predicted octanol–water partition coefficient (Wildman–Crippen LogP) is 3.41. The number of hydrogen-bond acceptors (Lipinski definition) is 8. The number of aromatic nitrogens is 3. The summed E-state index contributed by atoms with van der Waals surface area (Å²) in [7, 11) is 1.79. The maximum atomic E-state index is 14.3. The monoisotopic (exact) mass is 527 g/mol. The van der Waals surface area contributed by atoms with Gasteiger partial charge in [0.2, 0.25) is 5.91 Å². The quantitative estimate of drug-likeness (QED) is 0.404. The second kappa shape index (κ2) is 11.6. The van der Waals surface area contributed by atoms with E-state index in [2.05, 4.69) is 25.8 Å². The van der Waals surface area contributed by atoms with E-state index in [9.17, 15) is 19.1 Å². The zero-order chi connectivity index (χ0) is 26.5. The van der Waals surface area contributed by atoms with Crippen LogP contribution >= 0.6 is 11.6 Å². The SMILES string of the molecule is Cc1nnc(-c2cc(Cl)ccc2F)cc1Nc1ccnc(NC(=O)CCN2CCN(C)C(C(=O)O)C2)c1. The fraction of sp³-hybridized carbons (Fsp3) is 0.320. The molecule has 3 heterocycles. The van der Waals surface area contributed by atoms with Gasteiger partial charge in [0.15, 0.2) is 0 Å². The molecule has 1 amide bonds. The number of aliphatic carboxylic acids is 1. The minimum atomic E-state index is -0.866. The highest BCUT2D eigenvalue weighted by Gasteiger charge is 2.29. The van der Waals surface area contributed by atoms with E-state index in [1.807, 2.05) is 4.90 Å². The van der Waals surface area contributed by atoms with Gasteiger partial charge in [-0.2, -0.15) is 10.2 Å². The largest absolute Gasteiger partial charge is 0.480 e. The van der Waals surface area contributed by atoms with Gasteiger partial charge in [0.05, 0.1) is 17.1 Å². The average Bonchev–Trinajstić information content (AvgIpc) is 2.86. The number of benzene rings is 1. The summed E-state index contributed by atoms with van der Waals surface area (Å²) in [5.74, 6) is -1.19. The highest BCUT2D eigenvalue weighted by molar-refractivity contribution is 6.30. The standard InChI is InChI=1S/C25H27ClFN7O3/c1-15-20(13-21(32-31-15)18-11-16(26)3-4-19(18)27)29-17-5-7-28-23(12-17)30-24(35)6-8-34-10-9-33(2)22(14-34)25(36)37/h3-5,7,11-13,22H,6,8-10,14H2,1-2H3,(H,36,37)(H2,28,29,30,32,35). The van der Waals surface area contributed by atoms with Gasteiger partial charge in [0.25, 0.3) is 0 Å². The van der Waals surface area contributed by atoms with Crippen LogP contribution in [-0.4, -0.2) is 81.2 Å². The zero-order valence-corrected chi connectivity index (χ0v) is 21.2. The number of pyridine rings is 1. The topological polar surface area (TPSA) is 124 Å². The van der Waals surface area contributed by atoms with Gasteiger partial charge in [-0.25, -0.2) is 9.37 Å². The van der Waals surface area contributed by atoms with E-state index in [0.29, 0.717) is 59.8 Å². The van der Waals surface area contributed by atoms with E-state index in [0.717, 1.165) is 0 Å². The number of carboxylic acid groups (broad SMARTS) is 1. The van der Waals surface area contributed by atoms with Gasteiger partial charge >= 0.3 is 5.97 Å². The van der Waals surface area contributed by atoms with Crippen LogP contribution in [0, 0.1) is 12.7 Å². The lowest BCUT2D eigenvalue weighted by Crippen LogP contribution is -2.55. The van der Waals surface area contributed by atoms with Crippen molar-refractivity contribution in [2.24, 2.45) is 0 Å². The molecule has 0 spiro atoms. The van der Waals surface area contributed by atoms with Crippen LogP contribution in [-0.2, 0) is 9.59 Å². The Kier molecular flexibility index (Phi) is 8.27. The Balaban J connectivity index is 1.39. The van der Waals surface area contributed by atoms with Crippen molar-refractivity contribution in [3.05, 3.63) is 59.1 Å². The number of piperazine rings is 1. The summed E-state index contributed by atoms with van der Waals surface area (Å²) >= 11 is 6.02. The molecule has 0 radical (unpaired) electrons. The lowest BCUT2D eigenvalue weighted by molar-refractivity contribution is -0.145. The molecule has 4 rings (SSSR count). The second-order valence-electron chi connectivity index (χ2n) is 8.84. The van der Waals surface area contributed by atoms with Crippen molar-refractivity contribution in [1.82, 2.24) is 25.0 Å². The molecule has 194 valence electrons. The normalized spacial score (nSPS) is 16.4. The van der Waals surface area contributed by atoms with Crippen molar-refractivity contribution in [1.29, 1.82) is 0 Å². The molecule has 12 heteroatoms. The Hall–Kier alpha value is -3.67. The third-order valence-electron chi connectivity index (χ3n) is 6.16. The van der Waals surface area contributed by atoms with Gasteiger partial charge in [-0.1, -0.05) is 11.6 Å². The highest BCUT2D eigenvalue weighted by atomic mass is 35.5. The smallest absolute Gasteiger partial charge is 0.322 e. The first-order chi connectivity index (χ1) is 17.7. The highest BCUT2D eigenvalue weighted by Crippen LogP contribution is 2.28. The molecule has 1 atom stereocenters. The van der Waals surface area contributed by atoms with Crippen molar-refractivity contribution < 1.29 is 19.1 Å². The van der Waals surface area contributed by atoms with E-state index in [-0.39, 0.29) is 17.9 Å². The van der Waals surface area contributed by atoms with E-state index >= 15 is 0 Å². The summed E-state index contributed by atoms with van der Waals surface area (Å²) in [5, 5.41) is 24.0. The molecule has 1 aliphatic rings. The molecular formula is C25H27ClFN7O3. The van der Waals surface area contributed by atoms with Crippen LogP contribution in [0.4, 0.5) is 21.6 Å². The summed E-state index contributed by atoms with van der Waals surface area (Å²) in [6, 6.07) is 8.73. The number of halogens is 2. The third-order valence-corrected chi connectivity index (χ3v) is 6.40. The number of nitrogens with zero attached hydrogens (tertiary/aromatic N) is 5. The van der Waals surface area contributed by atoms with Crippen molar-refractivity contribution in [2.75, 3.05) is 43.9 Å². The van der Waals surface area contributed by atoms with E-state index in [4.69, 9.17) is 11.6 Å². The van der Waals surface area contributed by atoms with Crippen molar-refractivity contribution in [3.63, 3.8) is 0 Å². The summed E-state index contributed by atoms with van der Waals surface area (Å²) < 4.78 is 14.3. The van der Waals surface area contributed by atoms with Crippen LogP contribution in [0.2, 0.25) is 5.02 Å². The molecule has 3 aromatic rings.